The lowest BCUT2D eigenvalue weighted by molar-refractivity contribution is -0.141. The molecule has 1 aliphatic rings. The van der Waals surface area contributed by atoms with Gasteiger partial charge in [0.1, 0.15) is 12.8 Å². The van der Waals surface area contributed by atoms with E-state index in [1.54, 1.807) is 13.1 Å². The highest BCUT2D eigenvalue weighted by atomic mass is 28.3. The van der Waals surface area contributed by atoms with E-state index in [2.05, 4.69) is 24.7 Å². The lowest BCUT2D eigenvalue weighted by Gasteiger charge is -2.34. The summed E-state index contributed by atoms with van der Waals surface area (Å²) in [5.74, 6) is -0.313. The van der Waals surface area contributed by atoms with Crippen molar-refractivity contribution in [3.8, 4) is 0 Å². The number of hydrogen-bond acceptors (Lipinski definition) is 6. The third kappa shape index (κ3) is 4.91. The number of anilines is 1. The number of carbonyl (C=O) groups excluding carboxylic acids is 1. The van der Waals surface area contributed by atoms with Crippen LogP contribution in [0, 0.1) is 0 Å². The van der Waals surface area contributed by atoms with Gasteiger partial charge in [0.15, 0.2) is 0 Å². The highest BCUT2D eigenvalue weighted by Crippen LogP contribution is 2.25. The molecule has 0 bridgehead atoms. The summed E-state index contributed by atoms with van der Waals surface area (Å²) >= 11 is 0. The average Bonchev–Trinajstić information content (AvgIpc) is 2.57. The smallest absolute Gasteiger partial charge is 0.328 e. The van der Waals surface area contributed by atoms with Crippen LogP contribution in [0.25, 0.3) is 0 Å². The normalized spacial score (nSPS) is 15.6. The fourth-order valence-electron chi connectivity index (χ4n) is 2.87. The second-order valence-electron chi connectivity index (χ2n) is 7.66. The van der Waals surface area contributed by atoms with E-state index >= 15 is 0 Å². The van der Waals surface area contributed by atoms with Gasteiger partial charge in [0.2, 0.25) is 0 Å². The van der Waals surface area contributed by atoms with Crippen LogP contribution in [-0.2, 0) is 27.4 Å². The molecule has 2 heterocycles. The zero-order valence-corrected chi connectivity index (χ0v) is 16.9. The molecule has 1 unspecified atom stereocenters. The molecule has 0 radical (unpaired) electrons. The highest BCUT2D eigenvalue weighted by Gasteiger charge is 2.29. The van der Waals surface area contributed by atoms with Gasteiger partial charge in [0.25, 0.3) is 5.56 Å². The molecule has 0 fully saturated rings. The van der Waals surface area contributed by atoms with Gasteiger partial charge in [-0.2, -0.15) is 5.10 Å². The molecular weight excluding hydrogens is 338 g/mol. The van der Waals surface area contributed by atoms with Gasteiger partial charge in [-0.25, -0.2) is 9.48 Å². The molecule has 0 amide bonds. The zero-order chi connectivity index (χ0) is 18.6. The van der Waals surface area contributed by atoms with E-state index in [1.807, 2.05) is 4.90 Å². The third-order valence-corrected chi connectivity index (χ3v) is 6.18. The summed E-state index contributed by atoms with van der Waals surface area (Å²) in [6, 6.07) is 0.617. The Labute approximate surface area is 149 Å². The molecule has 0 spiro atoms. The first kappa shape index (κ1) is 19.6. The van der Waals surface area contributed by atoms with Crippen molar-refractivity contribution in [1.82, 2.24) is 9.78 Å². The van der Waals surface area contributed by atoms with E-state index < -0.39 is 14.1 Å². The Hall–Kier alpha value is -1.67. The molecule has 1 atom stereocenters. The largest absolute Gasteiger partial charge is 0.467 e. The minimum Gasteiger partial charge on any atom is -0.467 e. The Kier molecular flexibility index (Phi) is 6.40. The molecule has 7 nitrogen and oxygen atoms in total. The Morgan fingerprint density at radius 2 is 2.12 bits per heavy atom. The lowest BCUT2D eigenvalue weighted by Crippen LogP contribution is -2.45. The minimum absolute atomic E-state index is 0.132. The first-order chi connectivity index (χ1) is 11.7. The molecule has 1 aromatic heterocycles. The number of aromatic nitrogens is 2. The molecule has 140 valence electrons. The van der Waals surface area contributed by atoms with Gasteiger partial charge in [0, 0.05) is 26.8 Å². The van der Waals surface area contributed by atoms with E-state index in [1.165, 1.54) is 11.8 Å². The van der Waals surface area contributed by atoms with Crippen molar-refractivity contribution in [2.24, 2.45) is 0 Å². The average molecular weight is 368 g/mol. The van der Waals surface area contributed by atoms with Crippen molar-refractivity contribution in [3.05, 3.63) is 22.1 Å². The summed E-state index contributed by atoms with van der Waals surface area (Å²) < 4.78 is 11.8. The van der Waals surface area contributed by atoms with Crippen LogP contribution in [-0.4, -0.2) is 50.1 Å². The number of nitrogens with zero attached hydrogens (tertiary/aromatic N) is 3. The van der Waals surface area contributed by atoms with Crippen LogP contribution in [0.1, 0.15) is 18.9 Å². The maximum absolute atomic E-state index is 12.7. The molecule has 8 heteroatoms. The van der Waals surface area contributed by atoms with Gasteiger partial charge in [-0.05, 0) is 25.8 Å². The second kappa shape index (κ2) is 8.14. The number of ether oxygens (including phenoxy) is 2. The summed E-state index contributed by atoms with van der Waals surface area (Å²) in [6.07, 6.45) is 3.18. The molecule has 0 N–H and O–H groups in total. The SMILES string of the molecule is COC(=O)C(C)N1CCCc2c1cnn(COCC[Si](C)(C)C)c2=O. The Balaban J connectivity index is 2.13. The topological polar surface area (TPSA) is 73.7 Å². The second-order valence-corrected chi connectivity index (χ2v) is 13.3. The summed E-state index contributed by atoms with van der Waals surface area (Å²) in [5.41, 5.74) is 1.30. The molecule has 1 aliphatic heterocycles. The van der Waals surface area contributed by atoms with Crippen molar-refractivity contribution >= 4 is 19.7 Å². The summed E-state index contributed by atoms with van der Waals surface area (Å²) in [6.45, 7) is 10.2. The number of carbonyl (C=O) groups is 1. The predicted octanol–water partition coefficient (Wildman–Crippen LogP) is 1.87. The van der Waals surface area contributed by atoms with Gasteiger partial charge in [-0.3, -0.25) is 4.79 Å². The van der Waals surface area contributed by atoms with E-state index in [9.17, 15) is 9.59 Å². The first-order valence-corrected chi connectivity index (χ1v) is 12.5. The lowest BCUT2D eigenvalue weighted by atomic mass is 10.0. The van der Waals surface area contributed by atoms with Crippen LogP contribution in [0.3, 0.4) is 0 Å². The fourth-order valence-corrected chi connectivity index (χ4v) is 3.63. The van der Waals surface area contributed by atoms with Crippen molar-refractivity contribution in [1.29, 1.82) is 0 Å². The van der Waals surface area contributed by atoms with E-state index in [-0.39, 0.29) is 18.3 Å². The van der Waals surface area contributed by atoms with Gasteiger partial charge in [-0.1, -0.05) is 19.6 Å². The fraction of sp³-hybridized carbons (Fsp3) is 0.706. The van der Waals surface area contributed by atoms with Crippen molar-refractivity contribution in [2.75, 3.05) is 25.2 Å². The highest BCUT2D eigenvalue weighted by molar-refractivity contribution is 6.76. The maximum atomic E-state index is 12.7. The minimum atomic E-state index is -1.15. The summed E-state index contributed by atoms with van der Waals surface area (Å²) in [7, 11) is 0.221. The zero-order valence-electron chi connectivity index (χ0n) is 15.9. The van der Waals surface area contributed by atoms with Gasteiger partial charge < -0.3 is 14.4 Å². The van der Waals surface area contributed by atoms with E-state index in [0.29, 0.717) is 25.1 Å². The van der Waals surface area contributed by atoms with Gasteiger partial charge in [0.05, 0.1) is 19.0 Å². The third-order valence-electron chi connectivity index (χ3n) is 4.48. The number of hydrogen-bond donors (Lipinski definition) is 0. The quantitative estimate of drug-likeness (QED) is 0.416. The Morgan fingerprint density at radius 1 is 1.40 bits per heavy atom. The molecule has 1 aromatic rings. The van der Waals surface area contributed by atoms with E-state index in [4.69, 9.17) is 9.47 Å². The monoisotopic (exact) mass is 367 g/mol. The van der Waals surface area contributed by atoms with Crippen LogP contribution in [0.4, 0.5) is 5.69 Å². The predicted molar refractivity (Wildman–Crippen MR) is 99.7 cm³/mol. The van der Waals surface area contributed by atoms with Crippen LogP contribution in [0.5, 0.6) is 0 Å². The van der Waals surface area contributed by atoms with Gasteiger partial charge in [-0.15, -0.1) is 0 Å². The number of rotatable bonds is 7. The molecule has 0 saturated heterocycles. The summed E-state index contributed by atoms with van der Waals surface area (Å²) in [5, 5.41) is 4.24. The molecule has 0 aliphatic carbocycles. The molecule has 0 aromatic carbocycles. The van der Waals surface area contributed by atoms with Crippen LogP contribution in [0.15, 0.2) is 11.0 Å². The van der Waals surface area contributed by atoms with Crippen molar-refractivity contribution in [3.63, 3.8) is 0 Å². The molecule has 2 rings (SSSR count). The molecule has 25 heavy (non-hydrogen) atoms. The number of esters is 1. The first-order valence-electron chi connectivity index (χ1n) is 8.76. The van der Waals surface area contributed by atoms with Crippen LogP contribution >= 0.6 is 0 Å². The van der Waals surface area contributed by atoms with Gasteiger partial charge >= 0.3 is 5.97 Å². The maximum Gasteiger partial charge on any atom is 0.328 e. The summed E-state index contributed by atoms with van der Waals surface area (Å²) in [4.78, 5) is 26.4. The molecular formula is C17H29N3O4Si. The van der Waals surface area contributed by atoms with Crippen molar-refractivity contribution in [2.45, 2.75) is 58.2 Å². The van der Waals surface area contributed by atoms with Crippen LogP contribution < -0.4 is 10.5 Å². The standard InChI is InChI=1S/C17H29N3O4Si/c1-13(17(22)23-2)19-8-6-7-14-15(19)11-18-20(16(14)21)12-24-9-10-25(3,4)5/h11,13H,6-10,12H2,1-5H3. The Morgan fingerprint density at radius 3 is 2.76 bits per heavy atom. The Bertz CT molecular complexity index is 669. The van der Waals surface area contributed by atoms with Crippen LogP contribution in [0.2, 0.25) is 25.7 Å². The van der Waals surface area contributed by atoms with Crippen molar-refractivity contribution < 1.29 is 14.3 Å². The number of fused-ring (bicyclic) bond motifs is 1. The molecule has 0 saturated carbocycles. The van der Waals surface area contributed by atoms with E-state index in [0.717, 1.165) is 18.2 Å². The number of methoxy groups -OCH3 is 1.